The number of nitrogens with zero attached hydrogens (tertiary/aromatic N) is 2. The Hall–Kier alpha value is -1.87. The van der Waals surface area contributed by atoms with Crippen LogP contribution < -0.4 is 4.74 Å². The monoisotopic (exact) mass is 422 g/mol. The number of likely N-dealkylation sites (tertiary alicyclic amines) is 1. The number of β-amino-alcohol motifs (C(OH)–C–C–N with tert-alkyl or cyclic N) is 2. The fourth-order valence-electron chi connectivity index (χ4n) is 4.04. The third-order valence-corrected chi connectivity index (χ3v) is 5.77. The molecular formula is C22H34N2O6. The second kappa shape index (κ2) is 9.96. The van der Waals surface area contributed by atoms with E-state index in [1.54, 1.807) is 11.8 Å². The molecule has 8 heteroatoms. The maximum atomic E-state index is 11.9. The number of carbonyl (C=O) groups excluding carboxylic acids is 1. The molecule has 0 aliphatic carbocycles. The van der Waals surface area contributed by atoms with Crippen molar-refractivity contribution in [1.29, 1.82) is 0 Å². The minimum absolute atomic E-state index is 0.115. The first-order chi connectivity index (χ1) is 14.3. The predicted molar refractivity (Wildman–Crippen MR) is 112 cm³/mol. The van der Waals surface area contributed by atoms with Gasteiger partial charge >= 0.3 is 6.09 Å². The van der Waals surface area contributed by atoms with Gasteiger partial charge in [-0.3, -0.25) is 4.90 Å². The molecule has 1 aromatic carbocycles. The topological polar surface area (TPSA) is 91.7 Å². The molecule has 0 aromatic heterocycles. The van der Waals surface area contributed by atoms with Gasteiger partial charge in [0.25, 0.3) is 0 Å². The highest BCUT2D eigenvalue weighted by molar-refractivity contribution is 5.67. The van der Waals surface area contributed by atoms with Crippen LogP contribution in [0.2, 0.25) is 0 Å². The van der Waals surface area contributed by atoms with E-state index in [1.165, 1.54) is 0 Å². The molecule has 2 aliphatic heterocycles. The number of amides is 1. The minimum Gasteiger partial charge on any atom is -0.490 e. The van der Waals surface area contributed by atoms with Crippen molar-refractivity contribution in [2.75, 3.05) is 59.2 Å². The van der Waals surface area contributed by atoms with Crippen LogP contribution in [0, 0.1) is 6.92 Å². The average Bonchev–Trinajstić information content (AvgIpc) is 2.89. The van der Waals surface area contributed by atoms with Crippen molar-refractivity contribution in [3.8, 4) is 5.75 Å². The maximum Gasteiger partial charge on any atom is 0.409 e. The lowest BCUT2D eigenvalue weighted by atomic mass is 9.90. The Morgan fingerprint density at radius 1 is 1.17 bits per heavy atom. The molecule has 2 saturated heterocycles. The quantitative estimate of drug-likeness (QED) is 0.716. The zero-order valence-corrected chi connectivity index (χ0v) is 18.0. The van der Waals surface area contributed by atoms with Crippen LogP contribution in [0.1, 0.15) is 25.3 Å². The molecule has 0 unspecified atom stereocenters. The molecule has 1 aromatic rings. The van der Waals surface area contributed by atoms with E-state index in [2.05, 4.69) is 0 Å². The predicted octanol–water partition coefficient (Wildman–Crippen LogP) is 1.42. The Morgan fingerprint density at radius 2 is 1.90 bits per heavy atom. The first kappa shape index (κ1) is 22.8. The second-order valence-electron chi connectivity index (χ2n) is 8.45. The lowest BCUT2D eigenvalue weighted by Crippen LogP contribution is -2.55. The van der Waals surface area contributed by atoms with Gasteiger partial charge in [-0.25, -0.2) is 4.79 Å². The van der Waals surface area contributed by atoms with E-state index in [-0.39, 0.29) is 19.3 Å². The number of piperidine rings is 1. The van der Waals surface area contributed by atoms with Crippen molar-refractivity contribution in [3.05, 3.63) is 29.8 Å². The Balaban J connectivity index is 1.55. The van der Waals surface area contributed by atoms with Crippen LogP contribution in [0.4, 0.5) is 4.79 Å². The van der Waals surface area contributed by atoms with Gasteiger partial charge in [-0.2, -0.15) is 0 Å². The molecule has 2 heterocycles. The Morgan fingerprint density at radius 3 is 2.60 bits per heavy atom. The number of rotatable bonds is 6. The Bertz CT molecular complexity index is 707. The van der Waals surface area contributed by atoms with Gasteiger partial charge < -0.3 is 29.3 Å². The van der Waals surface area contributed by atoms with Crippen LogP contribution in [0.15, 0.2) is 24.3 Å². The van der Waals surface area contributed by atoms with Gasteiger partial charge in [0.05, 0.1) is 25.4 Å². The highest BCUT2D eigenvalue weighted by Gasteiger charge is 2.39. The van der Waals surface area contributed by atoms with Crippen LogP contribution in [0.3, 0.4) is 0 Å². The van der Waals surface area contributed by atoms with Crippen molar-refractivity contribution in [1.82, 2.24) is 9.80 Å². The summed E-state index contributed by atoms with van der Waals surface area (Å²) in [6.45, 7) is 7.18. The molecule has 0 bridgehead atoms. The smallest absolute Gasteiger partial charge is 0.409 e. The van der Waals surface area contributed by atoms with E-state index >= 15 is 0 Å². The first-order valence-electron chi connectivity index (χ1n) is 10.7. The van der Waals surface area contributed by atoms with Crippen LogP contribution in [-0.2, 0) is 9.47 Å². The number of hydrogen-bond donors (Lipinski definition) is 2. The zero-order chi connectivity index (χ0) is 21.6. The lowest BCUT2D eigenvalue weighted by molar-refractivity contribution is -0.0790. The number of hydrogen-bond acceptors (Lipinski definition) is 7. The van der Waals surface area contributed by atoms with Crippen LogP contribution in [-0.4, -0.2) is 96.5 Å². The standard InChI is InChI=1S/C22H34N2O6/c1-3-29-20(25)24-10-8-21(26,9-11-24)14-23-12-13-28-16-22(27,15-23)17-30-19-7-5-4-6-18(19)2/h4-7,26-27H,3,8-17H2,1-2H3/t22-/m1/s1. The summed E-state index contributed by atoms with van der Waals surface area (Å²) < 4.78 is 16.6. The molecule has 0 saturated carbocycles. The van der Waals surface area contributed by atoms with Crippen molar-refractivity contribution in [3.63, 3.8) is 0 Å². The van der Waals surface area contributed by atoms with Gasteiger partial charge in [-0.05, 0) is 38.3 Å². The van der Waals surface area contributed by atoms with Crippen molar-refractivity contribution in [2.24, 2.45) is 0 Å². The van der Waals surface area contributed by atoms with Gasteiger partial charge in [0, 0.05) is 32.7 Å². The third kappa shape index (κ3) is 6.07. The minimum atomic E-state index is -1.17. The molecule has 1 atom stereocenters. The normalized spacial score (nSPS) is 24.9. The Kier molecular flexibility index (Phi) is 7.57. The van der Waals surface area contributed by atoms with Gasteiger partial charge in [-0.1, -0.05) is 18.2 Å². The molecule has 3 rings (SSSR count). The molecule has 168 valence electrons. The number of para-hydroxylation sites is 1. The number of aliphatic hydroxyl groups is 2. The molecular weight excluding hydrogens is 388 g/mol. The summed E-state index contributed by atoms with van der Waals surface area (Å²) in [7, 11) is 0. The van der Waals surface area contributed by atoms with E-state index in [0.717, 1.165) is 11.3 Å². The molecule has 30 heavy (non-hydrogen) atoms. The molecule has 2 aliphatic rings. The molecule has 0 radical (unpaired) electrons. The van der Waals surface area contributed by atoms with Gasteiger partial charge in [0.15, 0.2) is 0 Å². The van der Waals surface area contributed by atoms with Gasteiger partial charge in [-0.15, -0.1) is 0 Å². The third-order valence-electron chi connectivity index (χ3n) is 5.77. The van der Waals surface area contributed by atoms with E-state index in [0.29, 0.717) is 58.8 Å². The largest absolute Gasteiger partial charge is 0.490 e. The summed E-state index contributed by atoms with van der Waals surface area (Å²) in [5, 5.41) is 22.2. The highest BCUT2D eigenvalue weighted by Crippen LogP contribution is 2.26. The molecule has 0 spiro atoms. The SMILES string of the molecule is CCOC(=O)N1CCC(O)(CN2CCOC[C@@](O)(COc3ccccc3C)C2)CC1. The lowest BCUT2D eigenvalue weighted by Gasteiger charge is -2.41. The fourth-order valence-corrected chi connectivity index (χ4v) is 4.04. The number of benzene rings is 1. The summed E-state index contributed by atoms with van der Waals surface area (Å²) in [5.74, 6) is 0.742. The van der Waals surface area contributed by atoms with Crippen molar-refractivity contribution in [2.45, 2.75) is 37.9 Å². The molecule has 2 N–H and O–H groups in total. The van der Waals surface area contributed by atoms with Crippen LogP contribution >= 0.6 is 0 Å². The fraction of sp³-hybridized carbons (Fsp3) is 0.682. The van der Waals surface area contributed by atoms with Crippen LogP contribution in [0.25, 0.3) is 0 Å². The van der Waals surface area contributed by atoms with E-state index in [4.69, 9.17) is 14.2 Å². The van der Waals surface area contributed by atoms with Crippen LogP contribution in [0.5, 0.6) is 5.75 Å². The zero-order valence-electron chi connectivity index (χ0n) is 18.0. The second-order valence-corrected chi connectivity index (χ2v) is 8.45. The van der Waals surface area contributed by atoms with E-state index < -0.39 is 11.2 Å². The average molecular weight is 423 g/mol. The highest BCUT2D eigenvalue weighted by atomic mass is 16.6. The van der Waals surface area contributed by atoms with Gasteiger partial charge in [0.2, 0.25) is 0 Å². The summed E-state index contributed by atoms with van der Waals surface area (Å²) in [6.07, 6.45) is 0.619. The van der Waals surface area contributed by atoms with E-state index in [1.807, 2.05) is 36.1 Å². The van der Waals surface area contributed by atoms with Crippen molar-refractivity contribution >= 4 is 6.09 Å². The number of aryl methyl sites for hydroxylation is 1. The number of carbonyl (C=O) groups is 1. The Labute approximate surface area is 178 Å². The summed E-state index contributed by atoms with van der Waals surface area (Å²) in [5.41, 5.74) is -1.07. The molecule has 1 amide bonds. The summed E-state index contributed by atoms with van der Waals surface area (Å²) in [4.78, 5) is 15.6. The number of ether oxygens (including phenoxy) is 3. The molecule has 2 fully saturated rings. The van der Waals surface area contributed by atoms with E-state index in [9.17, 15) is 15.0 Å². The first-order valence-corrected chi connectivity index (χ1v) is 10.7. The summed E-state index contributed by atoms with van der Waals surface area (Å²) in [6, 6.07) is 7.70. The van der Waals surface area contributed by atoms with Gasteiger partial charge in [0.1, 0.15) is 18.0 Å². The maximum absolute atomic E-state index is 11.9. The van der Waals surface area contributed by atoms with Crippen molar-refractivity contribution < 1.29 is 29.2 Å². The summed E-state index contributed by atoms with van der Waals surface area (Å²) >= 11 is 0. The molecule has 8 nitrogen and oxygen atoms in total.